The van der Waals surface area contributed by atoms with Crippen molar-refractivity contribution in [3.8, 4) is 5.75 Å². The minimum Gasteiger partial charge on any atom is -0.490 e. The zero-order chi connectivity index (χ0) is 13.5. The van der Waals surface area contributed by atoms with Crippen molar-refractivity contribution in [2.75, 3.05) is 6.54 Å². The van der Waals surface area contributed by atoms with E-state index in [1.165, 1.54) is 0 Å². The third kappa shape index (κ3) is 4.87. The number of hydrogen-bond donors (Lipinski definition) is 1. The topological polar surface area (TPSA) is 21.3 Å². The lowest BCUT2D eigenvalue weighted by Gasteiger charge is -2.18. The summed E-state index contributed by atoms with van der Waals surface area (Å²) in [6.07, 6.45) is 1.21. The fourth-order valence-corrected chi connectivity index (χ4v) is 1.84. The van der Waals surface area contributed by atoms with Gasteiger partial charge in [-0.05, 0) is 37.9 Å². The molecule has 102 valence electrons. The highest BCUT2D eigenvalue weighted by molar-refractivity contribution is 6.31. The number of benzene rings is 1. The molecule has 18 heavy (non-hydrogen) atoms. The molecule has 0 fully saturated rings. The Bertz CT molecular complexity index is 366. The van der Waals surface area contributed by atoms with Gasteiger partial charge < -0.3 is 10.1 Å². The van der Waals surface area contributed by atoms with E-state index in [4.69, 9.17) is 16.3 Å². The van der Waals surface area contributed by atoms with E-state index < -0.39 is 0 Å². The molecule has 0 aliphatic carbocycles. The Morgan fingerprint density at radius 3 is 2.61 bits per heavy atom. The molecule has 1 unspecified atom stereocenters. The molecule has 3 heteroatoms. The molecule has 0 saturated heterocycles. The van der Waals surface area contributed by atoms with Crippen LogP contribution in [-0.4, -0.2) is 12.6 Å². The number of hydrogen-bond acceptors (Lipinski definition) is 2. The Balaban J connectivity index is 2.74. The van der Waals surface area contributed by atoms with Gasteiger partial charge in [-0.15, -0.1) is 0 Å². The summed E-state index contributed by atoms with van der Waals surface area (Å²) in [6.45, 7) is 10.3. The van der Waals surface area contributed by atoms with Gasteiger partial charge in [0.05, 0.1) is 6.10 Å². The van der Waals surface area contributed by atoms with Crippen LogP contribution in [0.1, 0.15) is 39.7 Å². The molecule has 1 rings (SSSR count). The maximum Gasteiger partial charge on any atom is 0.125 e. The van der Waals surface area contributed by atoms with Gasteiger partial charge in [0.2, 0.25) is 0 Å². The van der Waals surface area contributed by atoms with Crippen LogP contribution in [0, 0.1) is 5.92 Å². The molecule has 0 saturated carbocycles. The van der Waals surface area contributed by atoms with Crippen molar-refractivity contribution < 1.29 is 4.74 Å². The zero-order valence-electron chi connectivity index (χ0n) is 11.8. The van der Waals surface area contributed by atoms with E-state index in [2.05, 4.69) is 33.0 Å². The predicted octanol–water partition coefficient (Wildman–Crippen LogP) is 4.26. The fourth-order valence-electron chi connectivity index (χ4n) is 1.61. The SMILES string of the molecule is CCC(C)Oc1cccc(Cl)c1CNCC(C)C. The lowest BCUT2D eigenvalue weighted by Crippen LogP contribution is -2.20. The number of ether oxygens (including phenoxy) is 1. The molecule has 0 aromatic heterocycles. The lowest BCUT2D eigenvalue weighted by molar-refractivity contribution is 0.215. The number of nitrogens with one attached hydrogen (secondary N) is 1. The summed E-state index contributed by atoms with van der Waals surface area (Å²) in [5, 5.41) is 4.18. The van der Waals surface area contributed by atoms with Gasteiger partial charge in [-0.1, -0.05) is 38.4 Å². The molecule has 0 heterocycles. The third-order valence-corrected chi connectivity index (χ3v) is 3.19. The van der Waals surface area contributed by atoms with Crippen LogP contribution in [0.3, 0.4) is 0 Å². The number of halogens is 1. The van der Waals surface area contributed by atoms with Crippen LogP contribution in [-0.2, 0) is 6.54 Å². The minimum atomic E-state index is 0.215. The van der Waals surface area contributed by atoms with Crippen molar-refractivity contribution in [1.82, 2.24) is 5.32 Å². The molecule has 0 aliphatic heterocycles. The summed E-state index contributed by atoms with van der Waals surface area (Å²) in [7, 11) is 0. The van der Waals surface area contributed by atoms with Crippen LogP contribution >= 0.6 is 11.6 Å². The maximum atomic E-state index is 6.25. The van der Waals surface area contributed by atoms with Gasteiger partial charge in [0.25, 0.3) is 0 Å². The van der Waals surface area contributed by atoms with Gasteiger partial charge >= 0.3 is 0 Å². The predicted molar refractivity (Wildman–Crippen MR) is 78.4 cm³/mol. The minimum absolute atomic E-state index is 0.215. The highest BCUT2D eigenvalue weighted by atomic mass is 35.5. The van der Waals surface area contributed by atoms with Gasteiger partial charge in [-0.25, -0.2) is 0 Å². The van der Waals surface area contributed by atoms with Gasteiger partial charge in [-0.3, -0.25) is 0 Å². The summed E-state index contributed by atoms with van der Waals surface area (Å²) >= 11 is 6.25. The Morgan fingerprint density at radius 1 is 1.28 bits per heavy atom. The van der Waals surface area contributed by atoms with Gasteiger partial charge in [0.1, 0.15) is 5.75 Å². The fraction of sp³-hybridized carbons (Fsp3) is 0.600. The summed E-state index contributed by atoms with van der Waals surface area (Å²) in [6, 6.07) is 5.84. The van der Waals surface area contributed by atoms with Crippen molar-refractivity contribution in [2.45, 2.75) is 46.8 Å². The second kappa shape index (κ2) is 7.65. The van der Waals surface area contributed by atoms with Crippen LogP contribution in [0.15, 0.2) is 18.2 Å². The molecule has 2 nitrogen and oxygen atoms in total. The van der Waals surface area contributed by atoms with Crippen LogP contribution in [0.2, 0.25) is 5.02 Å². The molecule has 1 aromatic carbocycles. The van der Waals surface area contributed by atoms with Gasteiger partial charge in [0, 0.05) is 17.1 Å². The van der Waals surface area contributed by atoms with E-state index in [9.17, 15) is 0 Å². The summed E-state index contributed by atoms with van der Waals surface area (Å²) in [5.41, 5.74) is 1.06. The Hall–Kier alpha value is -0.730. The largest absolute Gasteiger partial charge is 0.490 e. The molecule has 1 N–H and O–H groups in total. The first kappa shape index (κ1) is 15.3. The Kier molecular flexibility index (Phi) is 6.51. The Morgan fingerprint density at radius 2 is 2.00 bits per heavy atom. The van der Waals surface area contributed by atoms with E-state index in [1.807, 2.05) is 18.2 Å². The first-order valence-corrected chi connectivity index (χ1v) is 7.07. The van der Waals surface area contributed by atoms with E-state index in [0.717, 1.165) is 35.8 Å². The average Bonchev–Trinajstić information content (AvgIpc) is 2.32. The first-order valence-electron chi connectivity index (χ1n) is 6.69. The molecule has 1 atom stereocenters. The summed E-state index contributed by atoms with van der Waals surface area (Å²) in [5.74, 6) is 1.53. The van der Waals surface area contributed by atoms with Crippen molar-refractivity contribution >= 4 is 11.6 Å². The molecule has 0 bridgehead atoms. The van der Waals surface area contributed by atoms with Crippen LogP contribution in [0.5, 0.6) is 5.75 Å². The standard InChI is InChI=1S/C15H24ClNO/c1-5-12(4)18-15-8-6-7-14(16)13(15)10-17-9-11(2)3/h6-8,11-12,17H,5,9-10H2,1-4H3. The van der Waals surface area contributed by atoms with Crippen LogP contribution < -0.4 is 10.1 Å². The van der Waals surface area contributed by atoms with Crippen molar-refractivity contribution in [3.63, 3.8) is 0 Å². The smallest absolute Gasteiger partial charge is 0.125 e. The Labute approximate surface area is 116 Å². The van der Waals surface area contributed by atoms with E-state index in [1.54, 1.807) is 0 Å². The lowest BCUT2D eigenvalue weighted by atomic mass is 10.1. The maximum absolute atomic E-state index is 6.25. The first-order chi connectivity index (χ1) is 8.54. The van der Waals surface area contributed by atoms with Gasteiger partial charge in [-0.2, -0.15) is 0 Å². The molecular formula is C15H24ClNO. The van der Waals surface area contributed by atoms with Crippen molar-refractivity contribution in [3.05, 3.63) is 28.8 Å². The summed E-state index contributed by atoms with van der Waals surface area (Å²) in [4.78, 5) is 0. The second-order valence-corrected chi connectivity index (χ2v) is 5.49. The molecule has 0 aliphatic rings. The third-order valence-electron chi connectivity index (χ3n) is 2.83. The highest BCUT2D eigenvalue weighted by Gasteiger charge is 2.10. The van der Waals surface area contributed by atoms with E-state index in [-0.39, 0.29) is 6.10 Å². The van der Waals surface area contributed by atoms with Crippen LogP contribution in [0.25, 0.3) is 0 Å². The molecular weight excluding hydrogens is 246 g/mol. The highest BCUT2D eigenvalue weighted by Crippen LogP contribution is 2.27. The number of rotatable bonds is 7. The molecule has 1 aromatic rings. The summed E-state index contributed by atoms with van der Waals surface area (Å²) < 4.78 is 5.91. The average molecular weight is 270 g/mol. The molecule has 0 spiro atoms. The molecule has 0 amide bonds. The second-order valence-electron chi connectivity index (χ2n) is 5.08. The van der Waals surface area contributed by atoms with Gasteiger partial charge in [0.15, 0.2) is 0 Å². The van der Waals surface area contributed by atoms with Crippen molar-refractivity contribution in [2.24, 2.45) is 5.92 Å². The molecule has 0 radical (unpaired) electrons. The van der Waals surface area contributed by atoms with Crippen LogP contribution in [0.4, 0.5) is 0 Å². The normalized spacial score (nSPS) is 12.8. The monoisotopic (exact) mass is 269 g/mol. The quantitative estimate of drug-likeness (QED) is 0.798. The zero-order valence-corrected chi connectivity index (χ0v) is 12.6. The van der Waals surface area contributed by atoms with E-state index >= 15 is 0 Å². The van der Waals surface area contributed by atoms with Crippen molar-refractivity contribution in [1.29, 1.82) is 0 Å². The van der Waals surface area contributed by atoms with E-state index in [0.29, 0.717) is 5.92 Å².